The summed E-state index contributed by atoms with van der Waals surface area (Å²) >= 11 is 0. The summed E-state index contributed by atoms with van der Waals surface area (Å²) in [4.78, 5) is 11.7. The van der Waals surface area contributed by atoms with E-state index in [0.717, 1.165) is 12.0 Å². The van der Waals surface area contributed by atoms with Crippen molar-refractivity contribution in [2.24, 2.45) is 5.84 Å². The summed E-state index contributed by atoms with van der Waals surface area (Å²) in [6.07, 6.45) is 13.1. The zero-order chi connectivity index (χ0) is 16.2. The van der Waals surface area contributed by atoms with Crippen LogP contribution in [0.1, 0.15) is 86.2 Å². The summed E-state index contributed by atoms with van der Waals surface area (Å²) in [6.45, 7) is 4.19. The van der Waals surface area contributed by atoms with Gasteiger partial charge in [0.15, 0.2) is 0 Å². The van der Waals surface area contributed by atoms with Gasteiger partial charge in [-0.05, 0) is 37.0 Å². The number of hydrazine groups is 1. The zero-order valence-electron chi connectivity index (χ0n) is 14.3. The average molecular weight is 304 g/mol. The Balaban J connectivity index is 2.21. The van der Waals surface area contributed by atoms with Crippen molar-refractivity contribution in [1.82, 2.24) is 5.43 Å². The van der Waals surface area contributed by atoms with Crippen LogP contribution in [0.3, 0.4) is 0 Å². The van der Waals surface area contributed by atoms with Gasteiger partial charge < -0.3 is 0 Å². The number of aryl methyl sites for hydroxylation is 2. The Hall–Kier alpha value is -1.35. The number of amides is 1. The van der Waals surface area contributed by atoms with Gasteiger partial charge in [0.1, 0.15) is 0 Å². The minimum absolute atomic E-state index is 0.202. The van der Waals surface area contributed by atoms with Crippen LogP contribution < -0.4 is 11.3 Å². The van der Waals surface area contributed by atoms with Crippen LogP contribution in [0.4, 0.5) is 0 Å². The first-order chi connectivity index (χ1) is 10.7. The number of benzene rings is 1. The third-order valence-corrected chi connectivity index (χ3v) is 4.25. The average Bonchev–Trinajstić information content (AvgIpc) is 2.54. The highest BCUT2D eigenvalue weighted by atomic mass is 16.2. The topological polar surface area (TPSA) is 55.1 Å². The second kappa shape index (κ2) is 11.2. The van der Waals surface area contributed by atoms with Gasteiger partial charge in [-0.2, -0.15) is 0 Å². The van der Waals surface area contributed by atoms with E-state index in [1.807, 2.05) is 19.1 Å². The van der Waals surface area contributed by atoms with E-state index < -0.39 is 0 Å². The van der Waals surface area contributed by atoms with Crippen molar-refractivity contribution in [3.63, 3.8) is 0 Å². The molecule has 0 atom stereocenters. The summed E-state index contributed by atoms with van der Waals surface area (Å²) in [5, 5.41) is 0. The first-order valence-electron chi connectivity index (χ1n) is 8.79. The lowest BCUT2D eigenvalue weighted by molar-refractivity contribution is 0.0953. The van der Waals surface area contributed by atoms with E-state index in [1.165, 1.54) is 63.4 Å². The summed E-state index contributed by atoms with van der Waals surface area (Å²) in [5.41, 5.74) is 5.11. The van der Waals surface area contributed by atoms with Crippen molar-refractivity contribution in [2.45, 2.75) is 78.1 Å². The van der Waals surface area contributed by atoms with Gasteiger partial charge >= 0.3 is 0 Å². The van der Waals surface area contributed by atoms with Gasteiger partial charge in [0.25, 0.3) is 5.91 Å². The van der Waals surface area contributed by atoms with Crippen LogP contribution in [0.2, 0.25) is 0 Å². The van der Waals surface area contributed by atoms with Crippen LogP contribution in [0.25, 0.3) is 0 Å². The van der Waals surface area contributed by atoms with Gasteiger partial charge in [-0.25, -0.2) is 5.84 Å². The van der Waals surface area contributed by atoms with Crippen molar-refractivity contribution in [3.8, 4) is 0 Å². The van der Waals surface area contributed by atoms with Crippen LogP contribution in [0, 0.1) is 6.92 Å². The summed E-state index contributed by atoms with van der Waals surface area (Å²) in [6, 6.07) is 6.10. The zero-order valence-corrected chi connectivity index (χ0v) is 14.3. The fourth-order valence-corrected chi connectivity index (χ4v) is 2.79. The van der Waals surface area contributed by atoms with Crippen molar-refractivity contribution < 1.29 is 4.79 Å². The largest absolute Gasteiger partial charge is 0.290 e. The molecule has 0 bridgehead atoms. The molecule has 0 saturated carbocycles. The number of hydrogen-bond donors (Lipinski definition) is 2. The molecule has 22 heavy (non-hydrogen) atoms. The van der Waals surface area contributed by atoms with Crippen molar-refractivity contribution in [3.05, 3.63) is 34.9 Å². The molecule has 0 unspecified atom stereocenters. The molecule has 0 radical (unpaired) electrons. The Bertz CT molecular complexity index is 443. The molecule has 124 valence electrons. The monoisotopic (exact) mass is 304 g/mol. The number of nitrogen functional groups attached to an aromatic ring is 1. The van der Waals surface area contributed by atoms with Crippen LogP contribution in [-0.4, -0.2) is 5.91 Å². The first-order valence-corrected chi connectivity index (χ1v) is 8.79. The predicted octanol–water partition coefficient (Wildman–Crippen LogP) is 4.67. The third-order valence-electron chi connectivity index (χ3n) is 4.25. The molecule has 0 aliphatic carbocycles. The lowest BCUT2D eigenvalue weighted by atomic mass is 10.00. The fraction of sp³-hybridized carbons (Fsp3) is 0.632. The maximum Gasteiger partial charge on any atom is 0.265 e. The van der Waals surface area contributed by atoms with E-state index in [1.54, 1.807) is 0 Å². The van der Waals surface area contributed by atoms with E-state index in [-0.39, 0.29) is 5.91 Å². The van der Waals surface area contributed by atoms with Gasteiger partial charge in [-0.15, -0.1) is 0 Å². The number of rotatable bonds is 11. The minimum Gasteiger partial charge on any atom is -0.290 e. The van der Waals surface area contributed by atoms with Gasteiger partial charge in [0.05, 0.1) is 0 Å². The molecule has 0 fully saturated rings. The number of hydrogen-bond acceptors (Lipinski definition) is 2. The molecular weight excluding hydrogens is 272 g/mol. The van der Waals surface area contributed by atoms with E-state index in [2.05, 4.69) is 18.4 Å². The van der Waals surface area contributed by atoms with Crippen LogP contribution >= 0.6 is 0 Å². The number of unbranched alkanes of at least 4 members (excludes halogenated alkanes) is 8. The van der Waals surface area contributed by atoms with E-state index >= 15 is 0 Å². The molecule has 0 aliphatic rings. The normalized spacial score (nSPS) is 10.7. The van der Waals surface area contributed by atoms with Gasteiger partial charge in [-0.1, -0.05) is 70.4 Å². The number of nitrogens with one attached hydrogen (secondary N) is 1. The lowest BCUT2D eigenvalue weighted by Crippen LogP contribution is -2.30. The quantitative estimate of drug-likeness (QED) is 0.270. The van der Waals surface area contributed by atoms with E-state index in [0.29, 0.717) is 5.56 Å². The molecular formula is C19H32N2O. The van der Waals surface area contributed by atoms with Crippen LogP contribution in [-0.2, 0) is 6.42 Å². The Morgan fingerprint density at radius 1 is 1.00 bits per heavy atom. The second-order valence-corrected chi connectivity index (χ2v) is 6.20. The Labute approximate surface area is 135 Å². The standard InChI is InChI=1S/C19H32N2O/c1-3-4-5-6-7-8-9-10-11-12-17-14-13-16(2)18(15-17)19(22)21-20/h13-15H,3-12,20H2,1-2H3,(H,21,22). The lowest BCUT2D eigenvalue weighted by Gasteiger charge is -2.08. The van der Waals surface area contributed by atoms with E-state index in [9.17, 15) is 4.79 Å². The molecule has 3 heteroatoms. The molecule has 0 saturated heterocycles. The van der Waals surface area contributed by atoms with E-state index in [4.69, 9.17) is 5.84 Å². The summed E-state index contributed by atoms with van der Waals surface area (Å²) in [7, 11) is 0. The van der Waals surface area contributed by atoms with Crippen LogP contribution in [0.15, 0.2) is 18.2 Å². The molecule has 1 aromatic rings. The number of nitrogens with two attached hydrogens (primary N) is 1. The van der Waals surface area contributed by atoms with Crippen molar-refractivity contribution in [1.29, 1.82) is 0 Å². The smallest absolute Gasteiger partial charge is 0.265 e. The number of carbonyl (C=O) groups excluding carboxylic acids is 1. The van der Waals surface area contributed by atoms with Gasteiger partial charge in [-0.3, -0.25) is 10.2 Å². The van der Waals surface area contributed by atoms with Crippen molar-refractivity contribution >= 4 is 5.91 Å². The fourth-order valence-electron chi connectivity index (χ4n) is 2.79. The SMILES string of the molecule is CCCCCCCCCCCc1ccc(C)c(C(=O)NN)c1. The second-order valence-electron chi connectivity index (χ2n) is 6.20. The van der Waals surface area contributed by atoms with Crippen molar-refractivity contribution in [2.75, 3.05) is 0 Å². The Morgan fingerprint density at radius 3 is 2.18 bits per heavy atom. The minimum atomic E-state index is -0.202. The van der Waals surface area contributed by atoms with Gasteiger partial charge in [0.2, 0.25) is 0 Å². The molecule has 0 heterocycles. The third kappa shape index (κ3) is 7.08. The van der Waals surface area contributed by atoms with Gasteiger partial charge in [0, 0.05) is 5.56 Å². The molecule has 0 aromatic heterocycles. The Morgan fingerprint density at radius 2 is 1.59 bits per heavy atom. The Kier molecular flexibility index (Phi) is 9.56. The maximum atomic E-state index is 11.7. The molecule has 1 aromatic carbocycles. The molecule has 1 amide bonds. The number of carbonyl (C=O) groups is 1. The highest BCUT2D eigenvalue weighted by Crippen LogP contribution is 2.15. The highest BCUT2D eigenvalue weighted by Gasteiger charge is 2.08. The summed E-state index contributed by atoms with van der Waals surface area (Å²) < 4.78 is 0. The molecule has 3 nitrogen and oxygen atoms in total. The first kappa shape index (κ1) is 18.7. The maximum absolute atomic E-state index is 11.7. The molecule has 0 spiro atoms. The molecule has 3 N–H and O–H groups in total. The summed E-state index contributed by atoms with van der Waals surface area (Å²) in [5.74, 6) is 5.02. The highest BCUT2D eigenvalue weighted by molar-refractivity contribution is 5.95. The molecule has 0 aliphatic heterocycles. The van der Waals surface area contributed by atoms with Crippen LogP contribution in [0.5, 0.6) is 0 Å². The molecule has 1 rings (SSSR count). The predicted molar refractivity (Wildman–Crippen MR) is 93.8 cm³/mol.